The smallest absolute Gasteiger partial charge is 0.270 e. The van der Waals surface area contributed by atoms with Gasteiger partial charge in [0.15, 0.2) is 5.13 Å². The lowest BCUT2D eigenvalue weighted by molar-refractivity contribution is 0.0949. The van der Waals surface area contributed by atoms with Gasteiger partial charge in [0.05, 0.1) is 6.26 Å². The molecule has 0 radical (unpaired) electrons. The molecule has 1 amide bonds. The van der Waals surface area contributed by atoms with Gasteiger partial charge in [-0.15, -0.1) is 11.3 Å². The van der Waals surface area contributed by atoms with Gasteiger partial charge < -0.3 is 15.1 Å². The second kappa shape index (κ2) is 6.91. The van der Waals surface area contributed by atoms with Gasteiger partial charge in [-0.2, -0.15) is 0 Å². The molecule has 2 heterocycles. The summed E-state index contributed by atoms with van der Waals surface area (Å²) in [5.41, 5.74) is 1.37. The van der Waals surface area contributed by atoms with E-state index < -0.39 is 0 Å². The van der Waals surface area contributed by atoms with Crippen molar-refractivity contribution >= 4 is 28.1 Å². The molecule has 0 saturated carbocycles. The van der Waals surface area contributed by atoms with Crippen molar-refractivity contribution in [1.82, 2.24) is 10.3 Å². The van der Waals surface area contributed by atoms with E-state index in [0.717, 1.165) is 11.4 Å². The number of nitrogens with zero attached hydrogens (tertiary/aromatic N) is 1. The second-order valence-corrected chi connectivity index (χ2v) is 5.47. The topological polar surface area (TPSA) is 67.2 Å². The highest BCUT2D eigenvalue weighted by Gasteiger charge is 2.10. The summed E-state index contributed by atoms with van der Waals surface area (Å²) < 4.78 is 5.22. The summed E-state index contributed by atoms with van der Waals surface area (Å²) in [6, 6.07) is 13.5. The van der Waals surface area contributed by atoms with E-state index in [1.807, 2.05) is 42.5 Å². The van der Waals surface area contributed by atoms with Crippen LogP contribution in [0.1, 0.15) is 16.2 Å². The van der Waals surface area contributed by atoms with Crippen molar-refractivity contribution in [3.8, 4) is 0 Å². The van der Waals surface area contributed by atoms with Crippen LogP contribution < -0.4 is 10.6 Å². The normalized spacial score (nSPS) is 10.4. The van der Waals surface area contributed by atoms with Crippen LogP contribution >= 0.6 is 11.3 Å². The number of carbonyl (C=O) groups is 1. The zero-order chi connectivity index (χ0) is 15.2. The molecule has 0 saturated heterocycles. The fraction of sp³-hybridized carbons (Fsp3) is 0.125. The zero-order valence-electron chi connectivity index (χ0n) is 11.8. The summed E-state index contributed by atoms with van der Waals surface area (Å²) in [6.07, 6.45) is 2.29. The fourth-order valence-corrected chi connectivity index (χ4v) is 2.64. The van der Waals surface area contributed by atoms with Crippen molar-refractivity contribution in [1.29, 1.82) is 0 Å². The van der Waals surface area contributed by atoms with Crippen LogP contribution in [-0.4, -0.2) is 17.4 Å². The van der Waals surface area contributed by atoms with Crippen molar-refractivity contribution in [3.63, 3.8) is 0 Å². The van der Waals surface area contributed by atoms with E-state index in [-0.39, 0.29) is 5.91 Å². The molecule has 5 nitrogen and oxygen atoms in total. The number of carbonyl (C=O) groups excluding carboxylic acids is 1. The predicted molar refractivity (Wildman–Crippen MR) is 86.6 cm³/mol. The van der Waals surface area contributed by atoms with Crippen LogP contribution in [0.25, 0.3) is 0 Å². The van der Waals surface area contributed by atoms with Crippen LogP contribution in [-0.2, 0) is 6.42 Å². The molecule has 22 heavy (non-hydrogen) atoms. The third kappa shape index (κ3) is 3.73. The number of hydrogen-bond acceptors (Lipinski definition) is 5. The molecular weight excluding hydrogens is 298 g/mol. The minimum absolute atomic E-state index is 0.177. The third-order valence-electron chi connectivity index (χ3n) is 3.00. The largest absolute Gasteiger partial charge is 0.469 e. The summed E-state index contributed by atoms with van der Waals surface area (Å²) in [6.45, 7) is 0.519. The zero-order valence-corrected chi connectivity index (χ0v) is 12.6. The van der Waals surface area contributed by atoms with E-state index in [9.17, 15) is 4.79 Å². The van der Waals surface area contributed by atoms with E-state index in [1.165, 1.54) is 11.3 Å². The SMILES string of the molecule is O=C(NCCc1ccco1)c1csc(Nc2ccccc2)n1. The highest BCUT2D eigenvalue weighted by Crippen LogP contribution is 2.20. The highest BCUT2D eigenvalue weighted by atomic mass is 32.1. The number of rotatable bonds is 6. The number of para-hydroxylation sites is 1. The van der Waals surface area contributed by atoms with Gasteiger partial charge in [-0.25, -0.2) is 4.98 Å². The molecule has 0 unspecified atom stereocenters. The molecule has 0 spiro atoms. The number of aromatic nitrogens is 1. The summed E-state index contributed by atoms with van der Waals surface area (Å²) in [5, 5.41) is 8.44. The Balaban J connectivity index is 1.53. The monoisotopic (exact) mass is 313 g/mol. The van der Waals surface area contributed by atoms with Crippen LogP contribution in [0.4, 0.5) is 10.8 Å². The quantitative estimate of drug-likeness (QED) is 0.731. The van der Waals surface area contributed by atoms with Crippen molar-refractivity contribution < 1.29 is 9.21 Å². The average Bonchev–Trinajstić information content (AvgIpc) is 3.20. The molecule has 3 rings (SSSR count). The lowest BCUT2D eigenvalue weighted by Gasteiger charge is -2.02. The molecule has 2 N–H and O–H groups in total. The number of furan rings is 1. The molecule has 3 aromatic rings. The maximum Gasteiger partial charge on any atom is 0.270 e. The molecule has 0 aliphatic heterocycles. The predicted octanol–water partition coefficient (Wildman–Crippen LogP) is 3.45. The standard InChI is InChI=1S/C16H15N3O2S/c20-15(17-9-8-13-7-4-10-21-13)14-11-22-16(19-14)18-12-5-2-1-3-6-12/h1-7,10-11H,8-9H2,(H,17,20)(H,18,19). The van der Waals surface area contributed by atoms with Gasteiger partial charge in [0.2, 0.25) is 0 Å². The van der Waals surface area contributed by atoms with E-state index in [2.05, 4.69) is 15.6 Å². The summed E-state index contributed by atoms with van der Waals surface area (Å²) >= 11 is 1.40. The molecule has 6 heteroatoms. The Bertz CT molecular complexity index is 723. The van der Waals surface area contributed by atoms with Crippen molar-refractivity contribution in [3.05, 3.63) is 65.6 Å². The minimum atomic E-state index is -0.177. The minimum Gasteiger partial charge on any atom is -0.469 e. The van der Waals surface area contributed by atoms with Gasteiger partial charge in [0.1, 0.15) is 11.5 Å². The van der Waals surface area contributed by atoms with E-state index in [1.54, 1.807) is 11.6 Å². The molecule has 112 valence electrons. The van der Waals surface area contributed by atoms with Gasteiger partial charge in [-0.3, -0.25) is 4.79 Å². The van der Waals surface area contributed by atoms with Crippen molar-refractivity contribution in [2.24, 2.45) is 0 Å². The highest BCUT2D eigenvalue weighted by molar-refractivity contribution is 7.14. The Labute approximate surface area is 132 Å². The summed E-state index contributed by atoms with van der Waals surface area (Å²) in [5.74, 6) is 0.675. The van der Waals surface area contributed by atoms with Crippen LogP contribution in [0, 0.1) is 0 Å². The van der Waals surface area contributed by atoms with Crippen LogP contribution in [0.3, 0.4) is 0 Å². The lowest BCUT2D eigenvalue weighted by atomic mass is 10.3. The maximum atomic E-state index is 12.0. The van der Waals surface area contributed by atoms with Crippen molar-refractivity contribution in [2.45, 2.75) is 6.42 Å². The van der Waals surface area contributed by atoms with Gasteiger partial charge in [-0.1, -0.05) is 18.2 Å². The number of anilines is 2. The number of thiazole rings is 1. The molecule has 0 aliphatic rings. The average molecular weight is 313 g/mol. The second-order valence-electron chi connectivity index (χ2n) is 4.61. The molecule has 0 aliphatic carbocycles. The molecular formula is C16H15N3O2S. The van der Waals surface area contributed by atoms with Gasteiger partial charge in [0.25, 0.3) is 5.91 Å². The Hall–Kier alpha value is -2.60. The molecule has 0 atom stereocenters. The molecule has 1 aromatic carbocycles. The number of amides is 1. The Morgan fingerprint density at radius 3 is 2.82 bits per heavy atom. The molecule has 2 aromatic heterocycles. The van der Waals surface area contributed by atoms with Gasteiger partial charge >= 0.3 is 0 Å². The Morgan fingerprint density at radius 1 is 1.18 bits per heavy atom. The summed E-state index contributed by atoms with van der Waals surface area (Å²) in [4.78, 5) is 16.3. The van der Waals surface area contributed by atoms with Gasteiger partial charge in [0, 0.05) is 24.0 Å². The number of hydrogen-bond donors (Lipinski definition) is 2. The first-order chi connectivity index (χ1) is 10.8. The maximum absolute atomic E-state index is 12.0. The van der Waals surface area contributed by atoms with Crippen LogP contribution in [0.2, 0.25) is 0 Å². The van der Waals surface area contributed by atoms with Crippen molar-refractivity contribution in [2.75, 3.05) is 11.9 Å². The van der Waals surface area contributed by atoms with Crippen LogP contribution in [0.15, 0.2) is 58.5 Å². The molecule has 0 bridgehead atoms. The number of benzene rings is 1. The van der Waals surface area contributed by atoms with Crippen LogP contribution in [0.5, 0.6) is 0 Å². The Morgan fingerprint density at radius 2 is 2.05 bits per heavy atom. The third-order valence-corrected chi connectivity index (χ3v) is 3.76. The van der Waals surface area contributed by atoms with Gasteiger partial charge in [-0.05, 0) is 24.3 Å². The first-order valence-electron chi connectivity index (χ1n) is 6.89. The first-order valence-corrected chi connectivity index (χ1v) is 7.77. The Kier molecular flexibility index (Phi) is 4.50. The summed E-state index contributed by atoms with van der Waals surface area (Å²) in [7, 11) is 0. The lowest BCUT2D eigenvalue weighted by Crippen LogP contribution is -2.25. The number of nitrogens with one attached hydrogen (secondary N) is 2. The van der Waals surface area contributed by atoms with E-state index in [0.29, 0.717) is 23.8 Å². The van der Waals surface area contributed by atoms with E-state index in [4.69, 9.17) is 4.42 Å². The molecule has 0 fully saturated rings. The van der Waals surface area contributed by atoms with E-state index >= 15 is 0 Å². The fourth-order valence-electron chi connectivity index (χ4n) is 1.93. The first kappa shape index (κ1) is 14.3.